The molecule has 2 aromatic carbocycles. The van der Waals surface area contributed by atoms with Crippen molar-refractivity contribution in [2.45, 2.75) is 30.4 Å². The lowest BCUT2D eigenvalue weighted by atomic mass is 10.0. The van der Waals surface area contributed by atoms with E-state index in [1.54, 1.807) is 29.2 Å². The predicted octanol–water partition coefficient (Wildman–Crippen LogP) is 4.12. The highest BCUT2D eigenvalue weighted by atomic mass is 35.5. The molecule has 10 heteroatoms. The highest BCUT2D eigenvalue weighted by Crippen LogP contribution is 2.33. The van der Waals surface area contributed by atoms with Gasteiger partial charge in [-0.3, -0.25) is 9.59 Å². The van der Waals surface area contributed by atoms with E-state index in [2.05, 4.69) is 10.6 Å². The zero-order chi connectivity index (χ0) is 23.7. The van der Waals surface area contributed by atoms with Gasteiger partial charge in [0.15, 0.2) is 5.79 Å². The summed E-state index contributed by atoms with van der Waals surface area (Å²) < 4.78 is 25.4. The average molecular weight is 506 g/mol. The highest BCUT2D eigenvalue weighted by molar-refractivity contribution is 7.98. The van der Waals surface area contributed by atoms with Crippen LogP contribution < -0.4 is 10.6 Å². The standard InChI is InChI=1S/C24H25ClFN3O4S/c25-17-2-1-3-18(26)16(17)13-34-14-21-22(30)28-20-12-15(4-5-19(20)27-21)23(31)29-8-6-24(7-9-29)32-10-11-33-24/h1-5,12,21,27H,6-11,13-14H2,(H,28,30). The van der Waals surface area contributed by atoms with Crippen LogP contribution in [0.3, 0.4) is 0 Å². The van der Waals surface area contributed by atoms with Crippen LogP contribution >= 0.6 is 23.4 Å². The molecule has 0 bridgehead atoms. The van der Waals surface area contributed by atoms with E-state index in [-0.39, 0.29) is 17.6 Å². The summed E-state index contributed by atoms with van der Waals surface area (Å²) in [5, 5.41) is 6.49. The molecule has 34 heavy (non-hydrogen) atoms. The van der Waals surface area contributed by atoms with Crippen molar-refractivity contribution in [2.24, 2.45) is 0 Å². The number of nitrogens with one attached hydrogen (secondary N) is 2. The number of likely N-dealkylation sites (tertiary alicyclic amines) is 1. The molecule has 2 aromatic rings. The van der Waals surface area contributed by atoms with Crippen molar-refractivity contribution in [3.63, 3.8) is 0 Å². The number of carbonyl (C=O) groups is 2. The first-order valence-corrected chi connectivity index (χ1v) is 12.8. The summed E-state index contributed by atoms with van der Waals surface area (Å²) in [4.78, 5) is 27.5. The highest BCUT2D eigenvalue weighted by Gasteiger charge is 2.41. The summed E-state index contributed by atoms with van der Waals surface area (Å²) in [7, 11) is 0. The molecule has 2 saturated heterocycles. The molecule has 2 amide bonds. The van der Waals surface area contributed by atoms with Gasteiger partial charge in [-0.1, -0.05) is 17.7 Å². The maximum absolute atomic E-state index is 14.0. The number of thioether (sulfide) groups is 1. The zero-order valence-corrected chi connectivity index (χ0v) is 20.0. The van der Waals surface area contributed by atoms with Crippen molar-refractivity contribution in [3.05, 3.63) is 58.4 Å². The van der Waals surface area contributed by atoms with Gasteiger partial charge in [-0.25, -0.2) is 4.39 Å². The maximum Gasteiger partial charge on any atom is 0.253 e. The molecular formula is C24H25ClFN3O4S. The topological polar surface area (TPSA) is 79.9 Å². The summed E-state index contributed by atoms with van der Waals surface area (Å²) in [5.74, 6) is -0.351. The van der Waals surface area contributed by atoms with Crippen molar-refractivity contribution < 1.29 is 23.5 Å². The van der Waals surface area contributed by atoms with E-state index < -0.39 is 11.8 Å². The predicted molar refractivity (Wildman–Crippen MR) is 130 cm³/mol. The van der Waals surface area contributed by atoms with E-state index in [4.69, 9.17) is 21.1 Å². The number of fused-ring (bicyclic) bond motifs is 1. The Morgan fingerprint density at radius 3 is 2.68 bits per heavy atom. The Labute approximate surface area is 206 Å². The minimum absolute atomic E-state index is 0.0793. The van der Waals surface area contributed by atoms with E-state index in [0.717, 1.165) is 5.69 Å². The van der Waals surface area contributed by atoms with Gasteiger partial charge in [-0.15, -0.1) is 0 Å². The number of hydrogen-bond donors (Lipinski definition) is 2. The quantitative estimate of drug-likeness (QED) is 0.636. The maximum atomic E-state index is 14.0. The van der Waals surface area contributed by atoms with E-state index in [9.17, 15) is 14.0 Å². The van der Waals surface area contributed by atoms with Crippen LogP contribution in [0.1, 0.15) is 28.8 Å². The molecule has 0 aromatic heterocycles. The molecule has 2 N–H and O–H groups in total. The first-order chi connectivity index (χ1) is 16.4. The summed E-state index contributed by atoms with van der Waals surface area (Å²) in [6.45, 7) is 2.32. The van der Waals surface area contributed by atoms with Crippen molar-refractivity contribution in [3.8, 4) is 0 Å². The van der Waals surface area contributed by atoms with Gasteiger partial charge in [0.25, 0.3) is 5.91 Å². The number of benzene rings is 2. The fourth-order valence-electron chi connectivity index (χ4n) is 4.46. The first kappa shape index (κ1) is 23.4. The molecule has 3 aliphatic rings. The van der Waals surface area contributed by atoms with Crippen molar-refractivity contribution >= 4 is 46.6 Å². The Hall–Kier alpha value is -2.33. The molecule has 3 heterocycles. The largest absolute Gasteiger partial charge is 0.371 e. The number of hydrogen-bond acceptors (Lipinski definition) is 6. The minimum Gasteiger partial charge on any atom is -0.371 e. The second-order valence-electron chi connectivity index (χ2n) is 8.56. The number of ether oxygens (including phenoxy) is 2. The lowest BCUT2D eigenvalue weighted by Gasteiger charge is -2.37. The SMILES string of the molecule is O=C1Nc2cc(C(=O)N3CCC4(CC3)OCCO4)ccc2NC1CSCc1c(F)cccc1Cl. The lowest BCUT2D eigenvalue weighted by Crippen LogP contribution is -2.47. The van der Waals surface area contributed by atoms with Crippen LogP contribution in [0.15, 0.2) is 36.4 Å². The summed E-state index contributed by atoms with van der Waals surface area (Å²) in [6.07, 6.45) is 1.30. The van der Waals surface area contributed by atoms with Gasteiger partial charge >= 0.3 is 0 Å². The summed E-state index contributed by atoms with van der Waals surface area (Å²) in [5.41, 5.74) is 2.27. The summed E-state index contributed by atoms with van der Waals surface area (Å²) in [6, 6.07) is 9.40. The van der Waals surface area contributed by atoms with Crippen molar-refractivity contribution in [2.75, 3.05) is 42.7 Å². The van der Waals surface area contributed by atoms with Crippen LogP contribution in [0.2, 0.25) is 5.02 Å². The minimum atomic E-state index is -0.533. The fraction of sp³-hybridized carbons (Fsp3) is 0.417. The molecule has 2 fully saturated rings. The average Bonchev–Trinajstić information content (AvgIpc) is 3.28. The molecular weight excluding hydrogens is 481 g/mol. The molecule has 0 aliphatic carbocycles. The van der Waals surface area contributed by atoms with Gasteiger partial charge < -0.3 is 25.0 Å². The number of amides is 2. The van der Waals surface area contributed by atoms with Gasteiger partial charge in [0, 0.05) is 53.6 Å². The number of piperidine rings is 1. The van der Waals surface area contributed by atoms with Crippen LogP contribution in [-0.4, -0.2) is 60.6 Å². The monoisotopic (exact) mass is 505 g/mol. The Balaban J connectivity index is 1.19. The number of halogens is 2. The zero-order valence-electron chi connectivity index (χ0n) is 18.4. The number of carbonyl (C=O) groups excluding carboxylic acids is 2. The van der Waals surface area contributed by atoms with Gasteiger partial charge in [0.1, 0.15) is 11.9 Å². The van der Waals surface area contributed by atoms with Gasteiger partial charge in [-0.2, -0.15) is 11.8 Å². The van der Waals surface area contributed by atoms with Crippen LogP contribution in [0.25, 0.3) is 0 Å². The smallest absolute Gasteiger partial charge is 0.253 e. The third-order valence-corrected chi connectivity index (χ3v) is 7.81. The Morgan fingerprint density at radius 2 is 1.94 bits per heavy atom. The van der Waals surface area contributed by atoms with Gasteiger partial charge in [0.05, 0.1) is 24.6 Å². The Morgan fingerprint density at radius 1 is 1.18 bits per heavy atom. The molecule has 1 unspecified atom stereocenters. The van der Waals surface area contributed by atoms with E-state index >= 15 is 0 Å². The molecule has 0 radical (unpaired) electrons. The third kappa shape index (κ3) is 4.75. The van der Waals surface area contributed by atoms with Crippen LogP contribution in [0.5, 0.6) is 0 Å². The fourth-order valence-corrected chi connectivity index (χ4v) is 5.86. The molecule has 7 nitrogen and oxygen atoms in total. The number of anilines is 2. The normalized spacial score (nSPS) is 21.2. The van der Waals surface area contributed by atoms with E-state index in [1.165, 1.54) is 17.8 Å². The molecule has 1 atom stereocenters. The number of nitrogens with zero attached hydrogens (tertiary/aromatic N) is 1. The molecule has 1 spiro atoms. The van der Waals surface area contributed by atoms with Gasteiger partial charge in [0.2, 0.25) is 5.91 Å². The molecule has 180 valence electrons. The first-order valence-electron chi connectivity index (χ1n) is 11.2. The van der Waals surface area contributed by atoms with E-state index in [1.807, 2.05) is 6.07 Å². The second kappa shape index (κ2) is 9.73. The van der Waals surface area contributed by atoms with Crippen molar-refractivity contribution in [1.29, 1.82) is 0 Å². The molecule has 0 saturated carbocycles. The van der Waals surface area contributed by atoms with Gasteiger partial charge in [-0.05, 0) is 30.3 Å². The van der Waals surface area contributed by atoms with Crippen molar-refractivity contribution in [1.82, 2.24) is 4.90 Å². The molecule has 3 aliphatic heterocycles. The second-order valence-corrected chi connectivity index (χ2v) is 10.00. The summed E-state index contributed by atoms with van der Waals surface area (Å²) >= 11 is 7.51. The molecule has 5 rings (SSSR count). The van der Waals surface area contributed by atoms with Crippen LogP contribution in [-0.2, 0) is 20.0 Å². The Bertz CT molecular complexity index is 1080. The number of rotatable bonds is 5. The lowest BCUT2D eigenvalue weighted by molar-refractivity contribution is -0.181. The third-order valence-electron chi connectivity index (χ3n) is 6.39. The Kier molecular flexibility index (Phi) is 6.70. The van der Waals surface area contributed by atoms with Crippen LogP contribution in [0.4, 0.5) is 15.8 Å². The van der Waals surface area contributed by atoms with E-state index in [0.29, 0.717) is 72.5 Å². The van der Waals surface area contributed by atoms with Crippen LogP contribution in [0, 0.1) is 5.82 Å².